The molecule has 6 nitrogen and oxygen atoms in total. The molecule has 0 aromatic heterocycles. The SMILES string of the molecule is O=C(CCOc1ccccc1Cl)N[C@H](CCO)C(=O)O. The number of aliphatic carboxylic acids is 1. The van der Waals surface area contributed by atoms with Gasteiger partial charge in [-0.3, -0.25) is 4.79 Å². The van der Waals surface area contributed by atoms with Crippen molar-refractivity contribution >= 4 is 23.5 Å². The maximum absolute atomic E-state index is 11.5. The van der Waals surface area contributed by atoms with Crippen LogP contribution in [0, 0.1) is 0 Å². The number of nitrogens with one attached hydrogen (secondary N) is 1. The molecule has 0 bridgehead atoms. The van der Waals surface area contributed by atoms with Gasteiger partial charge in [0.2, 0.25) is 5.91 Å². The van der Waals surface area contributed by atoms with Crippen molar-refractivity contribution in [2.45, 2.75) is 18.9 Å². The summed E-state index contributed by atoms with van der Waals surface area (Å²) in [5, 5.41) is 20.3. The first-order valence-electron chi connectivity index (χ1n) is 6.05. The number of carboxylic acid groups (broad SMARTS) is 1. The van der Waals surface area contributed by atoms with Crippen molar-refractivity contribution in [2.75, 3.05) is 13.2 Å². The van der Waals surface area contributed by atoms with Crippen LogP contribution in [-0.4, -0.2) is 41.3 Å². The average molecular weight is 302 g/mol. The fourth-order valence-corrected chi connectivity index (χ4v) is 1.66. The standard InChI is InChI=1S/C13H16ClNO5/c14-9-3-1-2-4-11(9)20-8-6-12(17)15-10(5-7-16)13(18)19/h1-4,10,16H,5-8H2,(H,15,17)(H,18,19)/t10-/m1/s1. The van der Waals surface area contributed by atoms with Crippen molar-refractivity contribution in [1.82, 2.24) is 5.32 Å². The summed E-state index contributed by atoms with van der Waals surface area (Å²) >= 11 is 5.88. The zero-order chi connectivity index (χ0) is 15.0. The van der Waals surface area contributed by atoms with Crippen molar-refractivity contribution in [1.29, 1.82) is 0 Å². The van der Waals surface area contributed by atoms with Gasteiger partial charge in [0.1, 0.15) is 11.8 Å². The summed E-state index contributed by atoms with van der Waals surface area (Å²) in [6.45, 7) is -0.228. The van der Waals surface area contributed by atoms with Gasteiger partial charge in [-0.25, -0.2) is 4.79 Å². The number of para-hydroxylation sites is 1. The van der Waals surface area contributed by atoms with Crippen LogP contribution in [0.25, 0.3) is 0 Å². The number of hydrogen-bond acceptors (Lipinski definition) is 4. The van der Waals surface area contributed by atoms with Crippen LogP contribution in [-0.2, 0) is 9.59 Å². The molecule has 0 aliphatic rings. The Labute approximate surface area is 121 Å². The molecule has 0 saturated heterocycles. The highest BCUT2D eigenvalue weighted by molar-refractivity contribution is 6.32. The molecule has 1 rings (SSSR count). The fourth-order valence-electron chi connectivity index (χ4n) is 1.47. The fraction of sp³-hybridized carbons (Fsp3) is 0.385. The van der Waals surface area contributed by atoms with Crippen LogP contribution in [0.1, 0.15) is 12.8 Å². The third-order valence-electron chi connectivity index (χ3n) is 2.47. The number of ether oxygens (including phenoxy) is 1. The van der Waals surface area contributed by atoms with Gasteiger partial charge in [0.05, 0.1) is 18.1 Å². The normalized spacial score (nSPS) is 11.7. The average Bonchev–Trinajstić information content (AvgIpc) is 2.40. The van der Waals surface area contributed by atoms with Crippen molar-refractivity contribution in [3.63, 3.8) is 0 Å². The maximum Gasteiger partial charge on any atom is 0.326 e. The second-order valence-electron chi connectivity index (χ2n) is 4.00. The molecule has 1 aromatic rings. The lowest BCUT2D eigenvalue weighted by Crippen LogP contribution is -2.41. The van der Waals surface area contributed by atoms with Crippen molar-refractivity contribution < 1.29 is 24.5 Å². The second-order valence-corrected chi connectivity index (χ2v) is 4.41. The third kappa shape index (κ3) is 5.46. The lowest BCUT2D eigenvalue weighted by molar-refractivity contribution is -0.142. The minimum Gasteiger partial charge on any atom is -0.491 e. The molecule has 3 N–H and O–H groups in total. The minimum absolute atomic E-state index is 0.000428. The van der Waals surface area contributed by atoms with E-state index in [-0.39, 0.29) is 26.1 Å². The smallest absolute Gasteiger partial charge is 0.326 e. The molecule has 110 valence electrons. The monoisotopic (exact) mass is 301 g/mol. The van der Waals surface area contributed by atoms with Gasteiger partial charge < -0.3 is 20.3 Å². The summed E-state index contributed by atoms with van der Waals surface area (Å²) < 4.78 is 5.32. The summed E-state index contributed by atoms with van der Waals surface area (Å²) in [6, 6.07) is 5.76. The molecule has 1 atom stereocenters. The predicted molar refractivity (Wildman–Crippen MR) is 72.8 cm³/mol. The Hall–Kier alpha value is -1.79. The van der Waals surface area contributed by atoms with Gasteiger partial charge in [-0.05, 0) is 12.1 Å². The molecule has 0 aliphatic heterocycles. The summed E-state index contributed by atoms with van der Waals surface area (Å²) in [5.74, 6) is -1.18. The molecule has 0 aliphatic carbocycles. The number of halogens is 1. The first-order chi connectivity index (χ1) is 9.54. The number of aliphatic hydroxyl groups excluding tert-OH is 1. The van der Waals surface area contributed by atoms with Gasteiger partial charge in [0.15, 0.2) is 0 Å². The Morgan fingerprint density at radius 2 is 2.05 bits per heavy atom. The topological polar surface area (TPSA) is 95.9 Å². The van der Waals surface area contributed by atoms with E-state index in [0.717, 1.165) is 0 Å². The molecule has 0 fully saturated rings. The van der Waals surface area contributed by atoms with Gasteiger partial charge in [0.25, 0.3) is 0 Å². The van der Waals surface area contributed by atoms with E-state index >= 15 is 0 Å². The van der Waals surface area contributed by atoms with Gasteiger partial charge in [-0.1, -0.05) is 23.7 Å². The Morgan fingerprint density at radius 3 is 2.65 bits per heavy atom. The van der Waals surface area contributed by atoms with E-state index in [1.165, 1.54) is 0 Å². The lowest BCUT2D eigenvalue weighted by atomic mass is 10.2. The Bertz CT molecular complexity index is 466. The molecule has 0 heterocycles. The lowest BCUT2D eigenvalue weighted by Gasteiger charge is -2.13. The van der Waals surface area contributed by atoms with Gasteiger partial charge in [-0.15, -0.1) is 0 Å². The minimum atomic E-state index is -1.18. The van der Waals surface area contributed by atoms with Crippen LogP contribution in [0.15, 0.2) is 24.3 Å². The van der Waals surface area contributed by atoms with Crippen LogP contribution in [0.2, 0.25) is 5.02 Å². The maximum atomic E-state index is 11.5. The van der Waals surface area contributed by atoms with Crippen LogP contribution in [0.4, 0.5) is 0 Å². The number of carbonyl (C=O) groups is 2. The van der Waals surface area contributed by atoms with Crippen LogP contribution < -0.4 is 10.1 Å². The molecule has 0 saturated carbocycles. The largest absolute Gasteiger partial charge is 0.491 e. The molecule has 0 radical (unpaired) electrons. The van der Waals surface area contributed by atoms with E-state index in [1.807, 2.05) is 0 Å². The summed E-state index contributed by atoms with van der Waals surface area (Å²) in [5.41, 5.74) is 0. The molecular weight excluding hydrogens is 286 g/mol. The molecular formula is C13H16ClNO5. The second kappa shape index (κ2) is 8.39. The van der Waals surface area contributed by atoms with E-state index in [9.17, 15) is 9.59 Å². The van der Waals surface area contributed by atoms with Gasteiger partial charge >= 0.3 is 5.97 Å². The van der Waals surface area contributed by atoms with E-state index in [1.54, 1.807) is 24.3 Å². The zero-order valence-corrected chi connectivity index (χ0v) is 11.5. The summed E-state index contributed by atoms with van der Waals surface area (Å²) in [7, 11) is 0. The number of benzene rings is 1. The quantitative estimate of drug-likeness (QED) is 0.667. The van der Waals surface area contributed by atoms with Crippen molar-refractivity contribution in [3.8, 4) is 5.75 Å². The van der Waals surface area contributed by atoms with E-state index < -0.39 is 17.9 Å². The molecule has 20 heavy (non-hydrogen) atoms. The number of hydrogen-bond donors (Lipinski definition) is 3. The van der Waals surface area contributed by atoms with Crippen LogP contribution in [0.3, 0.4) is 0 Å². The number of rotatable bonds is 8. The van der Waals surface area contributed by atoms with E-state index in [2.05, 4.69) is 5.32 Å². The van der Waals surface area contributed by atoms with Gasteiger partial charge in [0, 0.05) is 13.0 Å². The molecule has 7 heteroatoms. The zero-order valence-electron chi connectivity index (χ0n) is 10.7. The van der Waals surface area contributed by atoms with Crippen LogP contribution in [0.5, 0.6) is 5.75 Å². The van der Waals surface area contributed by atoms with Gasteiger partial charge in [-0.2, -0.15) is 0 Å². The molecule has 0 unspecified atom stereocenters. The third-order valence-corrected chi connectivity index (χ3v) is 2.79. The predicted octanol–water partition coefficient (Wildman–Crippen LogP) is 1.06. The van der Waals surface area contributed by atoms with Crippen molar-refractivity contribution in [3.05, 3.63) is 29.3 Å². The Balaban J connectivity index is 2.36. The number of amides is 1. The van der Waals surface area contributed by atoms with Crippen LogP contribution >= 0.6 is 11.6 Å². The molecule has 0 spiro atoms. The highest BCUT2D eigenvalue weighted by atomic mass is 35.5. The number of carbonyl (C=O) groups excluding carboxylic acids is 1. The number of aliphatic hydroxyl groups is 1. The summed E-state index contributed by atoms with van der Waals surface area (Å²) in [6.07, 6.45) is -0.0348. The Morgan fingerprint density at radius 1 is 1.35 bits per heavy atom. The highest BCUT2D eigenvalue weighted by Gasteiger charge is 2.18. The van der Waals surface area contributed by atoms with Crippen molar-refractivity contribution in [2.24, 2.45) is 0 Å². The van der Waals surface area contributed by atoms with E-state index in [4.69, 9.17) is 26.6 Å². The van der Waals surface area contributed by atoms with E-state index in [0.29, 0.717) is 10.8 Å². The Kier molecular flexibility index (Phi) is 6.83. The molecule has 1 aromatic carbocycles. The number of carboxylic acids is 1. The first kappa shape index (κ1) is 16.3. The molecule has 1 amide bonds. The highest BCUT2D eigenvalue weighted by Crippen LogP contribution is 2.22. The summed E-state index contributed by atoms with van der Waals surface area (Å²) in [4.78, 5) is 22.3. The first-order valence-corrected chi connectivity index (χ1v) is 6.42.